The molecule has 0 unspecified atom stereocenters. The summed E-state index contributed by atoms with van der Waals surface area (Å²) in [5, 5.41) is 12.4. The van der Waals surface area contributed by atoms with E-state index >= 15 is 0 Å². The van der Waals surface area contributed by atoms with Gasteiger partial charge < -0.3 is 74.0 Å². The first-order valence-electron chi connectivity index (χ1n) is 37.4. The number of fused-ring (bicyclic) bond motifs is 12. The molecule has 0 bridgehead atoms. The van der Waals surface area contributed by atoms with Gasteiger partial charge in [-0.1, -0.05) is 171 Å². The van der Waals surface area contributed by atoms with E-state index in [1.807, 2.05) is 188 Å². The molecule has 21 nitrogen and oxygen atoms in total. The summed E-state index contributed by atoms with van der Waals surface area (Å²) < 4.78 is 33.5. The van der Waals surface area contributed by atoms with Gasteiger partial charge in [-0.2, -0.15) is 0 Å². The van der Waals surface area contributed by atoms with E-state index in [9.17, 15) is 28.8 Å². The predicted octanol–water partition coefficient (Wildman–Crippen LogP) is 14.4. The van der Waals surface area contributed by atoms with Gasteiger partial charge in [0.1, 0.15) is 18.1 Å². The number of carbonyl (C=O) groups excluding carboxylic acids is 6. The molecule has 6 aliphatic rings. The van der Waals surface area contributed by atoms with Gasteiger partial charge in [-0.3, -0.25) is 28.8 Å². The van der Waals surface area contributed by atoms with Gasteiger partial charge in [0.2, 0.25) is 55.8 Å². The monoisotopic (exact) mass is 1510 g/mol. The number of hydrogen-bond donors (Lipinski definition) is 6. The zero-order valence-electron chi connectivity index (χ0n) is 61.6. The van der Waals surface area contributed by atoms with Crippen LogP contribution in [-0.2, 0) is 48.0 Å². The normalized spacial score (nSPS) is 18.2. The number of rotatable bonds is 15. The first-order chi connectivity index (χ1) is 54.8. The van der Waals surface area contributed by atoms with Gasteiger partial charge in [-0.15, -0.1) is 0 Å². The fraction of sp³-hybridized carbons (Fsp3) is 0.200. The first-order valence-corrected chi connectivity index (χ1v) is 37.7. The second-order valence-corrected chi connectivity index (χ2v) is 28.3. The van der Waals surface area contributed by atoms with E-state index in [2.05, 4.69) is 50.0 Å². The third-order valence-electron chi connectivity index (χ3n) is 21.2. The minimum Gasteiger partial charge on any atom is -0.454 e. The Labute approximate surface area is 650 Å². The molecule has 0 aliphatic carbocycles. The van der Waals surface area contributed by atoms with Crippen molar-refractivity contribution in [3.8, 4) is 34.5 Å². The van der Waals surface area contributed by atoms with Crippen molar-refractivity contribution in [2.24, 2.45) is 0 Å². The number of amides is 6. The molecular weight excluding hydrogens is 1430 g/mol. The number of para-hydroxylation sites is 3. The molecule has 0 saturated heterocycles. The lowest BCUT2D eigenvalue weighted by atomic mass is 9.87. The van der Waals surface area contributed by atoms with Gasteiger partial charge in [0.25, 0.3) is 0 Å². The molecule has 12 aromatic rings. The third-order valence-corrected chi connectivity index (χ3v) is 21.5. The average molecular weight is 1520 g/mol. The average Bonchev–Trinajstić information content (AvgIpc) is 1.58. The smallest absolute Gasteiger partial charge is 0.248 e. The van der Waals surface area contributed by atoms with E-state index in [1.165, 1.54) is 6.08 Å². The molecule has 112 heavy (non-hydrogen) atoms. The summed E-state index contributed by atoms with van der Waals surface area (Å²) in [6.45, 7) is 3.12. The molecule has 18 rings (SSSR count). The van der Waals surface area contributed by atoms with Crippen molar-refractivity contribution in [2.45, 2.75) is 75.3 Å². The summed E-state index contributed by atoms with van der Waals surface area (Å²) in [5.41, 5.74) is 13.9. The summed E-state index contributed by atoms with van der Waals surface area (Å²) in [7, 11) is 3.19. The molecule has 6 amide bonds. The number of likely N-dealkylation sites (N-methyl/N-ethyl adjacent to an activating group) is 2. The summed E-state index contributed by atoms with van der Waals surface area (Å²) in [4.78, 5) is 97.6. The lowest BCUT2D eigenvalue weighted by Gasteiger charge is -2.41. The zero-order valence-corrected chi connectivity index (χ0v) is 62.4. The molecule has 0 spiro atoms. The topological polar surface area (TPSA) is 251 Å². The van der Waals surface area contributed by atoms with E-state index in [0.717, 1.165) is 113 Å². The SMILES string of the molecule is CCCCNC(=O)[C@H]1Cc2c([nH]c3ccccc23)[C@@H](c2ccc3c(c2)OCO3)N1C(=O)/C=C/c1ccccc1.CNC(=O)[C@H]1Cc2c([nH]c3ccccc23)[C@@H](c2ccc3c(c2)OCO3)N1C(=O)/C=C/c1ccc(Cl)cc1.CNC(=O)[C@H]1Cc2c([nH]c3ccccc23)[C@@H](c2ccc3c(c2)OCO3)N1C(=O)/C=C/c1ccccc1. The van der Waals surface area contributed by atoms with Crippen LogP contribution in [0.5, 0.6) is 34.5 Å². The molecule has 6 N–H and O–H groups in total. The Morgan fingerprint density at radius 3 is 1.07 bits per heavy atom. The number of H-pyrrole nitrogens is 3. The number of benzene rings is 9. The van der Waals surface area contributed by atoms with Crippen molar-refractivity contribution in [1.29, 1.82) is 0 Å². The second-order valence-electron chi connectivity index (χ2n) is 27.9. The molecular formula is C90H80ClN9O12. The van der Waals surface area contributed by atoms with Gasteiger partial charge in [-0.05, 0) is 141 Å². The maximum Gasteiger partial charge on any atom is 0.248 e. The Kier molecular flexibility index (Phi) is 20.9. The van der Waals surface area contributed by atoms with Crippen LogP contribution in [0.1, 0.15) is 105 Å². The molecule has 9 aromatic carbocycles. The van der Waals surface area contributed by atoms with E-state index in [1.54, 1.807) is 71.3 Å². The van der Waals surface area contributed by atoms with E-state index in [4.69, 9.17) is 40.0 Å². The molecule has 9 heterocycles. The Hall–Kier alpha value is -13.3. The highest BCUT2D eigenvalue weighted by atomic mass is 35.5. The molecule has 0 radical (unpaired) electrons. The molecule has 0 fully saturated rings. The molecule has 6 aliphatic heterocycles. The Morgan fingerprint density at radius 2 is 0.723 bits per heavy atom. The largest absolute Gasteiger partial charge is 0.454 e. The minimum atomic E-state index is -0.713. The van der Waals surface area contributed by atoms with Crippen LogP contribution < -0.4 is 44.4 Å². The number of halogens is 1. The first kappa shape index (κ1) is 72.9. The van der Waals surface area contributed by atoms with Gasteiger partial charge in [0.05, 0.1) is 18.1 Å². The number of nitrogens with one attached hydrogen (secondary N) is 6. The maximum atomic E-state index is 14.0. The summed E-state index contributed by atoms with van der Waals surface area (Å²) in [6.07, 6.45) is 13.0. The van der Waals surface area contributed by atoms with Crippen LogP contribution in [0.2, 0.25) is 5.02 Å². The highest BCUT2D eigenvalue weighted by molar-refractivity contribution is 6.30. The van der Waals surface area contributed by atoms with Gasteiger partial charge in [-0.25, -0.2) is 0 Å². The Bertz CT molecular complexity index is 5680. The zero-order chi connectivity index (χ0) is 76.9. The number of aromatic nitrogens is 3. The predicted molar refractivity (Wildman–Crippen MR) is 429 cm³/mol. The molecule has 6 atom stereocenters. The third kappa shape index (κ3) is 14.6. The van der Waals surface area contributed by atoms with E-state index in [-0.39, 0.29) is 55.8 Å². The van der Waals surface area contributed by atoms with Crippen molar-refractivity contribution in [1.82, 2.24) is 45.6 Å². The van der Waals surface area contributed by atoms with Crippen LogP contribution in [0.25, 0.3) is 50.9 Å². The van der Waals surface area contributed by atoms with Gasteiger partial charge >= 0.3 is 0 Å². The number of unbranched alkanes of at least 4 members (excludes halogenated alkanes) is 1. The van der Waals surface area contributed by atoms with Crippen LogP contribution in [0, 0.1) is 0 Å². The van der Waals surface area contributed by atoms with Gasteiger partial charge in [0, 0.05) is 113 Å². The number of hydrogen-bond acceptors (Lipinski definition) is 12. The Morgan fingerprint density at radius 1 is 0.402 bits per heavy atom. The fourth-order valence-electron chi connectivity index (χ4n) is 15.9. The summed E-state index contributed by atoms with van der Waals surface area (Å²) in [6, 6.07) is 64.0. The van der Waals surface area contributed by atoms with E-state index in [0.29, 0.717) is 65.3 Å². The van der Waals surface area contributed by atoms with Crippen molar-refractivity contribution in [3.05, 3.63) is 303 Å². The fourth-order valence-corrected chi connectivity index (χ4v) is 16.0. The molecule has 564 valence electrons. The summed E-state index contributed by atoms with van der Waals surface area (Å²) >= 11 is 6.01. The standard InChI is InChI=1S/C32H31N3O4.C29H24ClN3O4.C29H25N3O4/c1-2-3-17-33-32(37)26-19-24-23-11-7-8-12-25(23)34-30(24)31(22-14-15-27-28(18-22)39-20-38-27)35(26)29(36)16-13-21-9-5-4-6-10-21;1-31-29(35)23-15-21-20-4-2-3-5-22(20)32-27(21)28(18-9-12-24-25(14-18)37-16-36-24)33(23)26(34)13-8-17-6-10-19(30)11-7-17;1-30-29(34)23-16-21-20-9-5-6-10-22(20)31-27(21)28(19-12-13-24-25(15-19)36-17-35-24)32(23)26(33)14-11-18-7-3-2-4-8-18/h4-16,18,26,31,34H,2-3,17,19-20H2,1H3,(H,33,37);2-14,23,28,32H,15-16H2,1H3,(H,31,35);2-15,23,28,31H,16-17H2,1H3,(H,30,34)/b16-13+;13-8+;14-11+/t26-,31-;2*23-,28-/m111/s1. The van der Waals surface area contributed by atoms with Gasteiger partial charge in [0.15, 0.2) is 34.5 Å². The lowest BCUT2D eigenvalue weighted by Crippen LogP contribution is -2.54. The minimum absolute atomic E-state index is 0.147. The van der Waals surface area contributed by atoms with Crippen molar-refractivity contribution < 1.29 is 57.2 Å². The number of ether oxygens (including phenoxy) is 6. The summed E-state index contributed by atoms with van der Waals surface area (Å²) in [5.74, 6) is 2.50. The molecule has 0 saturated carbocycles. The highest BCUT2D eigenvalue weighted by Crippen LogP contribution is 2.48. The number of nitrogens with zero attached hydrogens (tertiary/aromatic N) is 3. The van der Waals surface area contributed by atoms with E-state index < -0.39 is 36.3 Å². The van der Waals surface area contributed by atoms with Crippen LogP contribution in [0.4, 0.5) is 0 Å². The lowest BCUT2D eigenvalue weighted by molar-refractivity contribution is -0.139. The van der Waals surface area contributed by atoms with Crippen LogP contribution in [0.15, 0.2) is 231 Å². The number of carbonyl (C=O) groups is 6. The highest BCUT2D eigenvalue weighted by Gasteiger charge is 2.47. The molecule has 3 aromatic heterocycles. The maximum absolute atomic E-state index is 14.0. The second kappa shape index (κ2) is 32.1. The van der Waals surface area contributed by atoms with Crippen LogP contribution in [-0.4, -0.2) is 124 Å². The Balaban J connectivity index is 0.000000127. The van der Waals surface area contributed by atoms with Crippen molar-refractivity contribution in [2.75, 3.05) is 41.0 Å². The van der Waals surface area contributed by atoms with Crippen LogP contribution in [0.3, 0.4) is 0 Å². The van der Waals surface area contributed by atoms with Crippen LogP contribution >= 0.6 is 11.6 Å². The number of aromatic amines is 3. The molecule has 22 heteroatoms. The van der Waals surface area contributed by atoms with Crippen molar-refractivity contribution in [3.63, 3.8) is 0 Å². The van der Waals surface area contributed by atoms with Crippen molar-refractivity contribution >= 4 is 98.0 Å². The quantitative estimate of drug-likeness (QED) is 0.0414.